The molecule has 2 aromatic rings. The number of carboxylic acids is 1. The molecular formula is C23H29N3O6. The molecule has 2 rings (SSSR count). The minimum Gasteiger partial charge on any atom is -0.481 e. The highest BCUT2D eigenvalue weighted by Crippen LogP contribution is 2.18. The van der Waals surface area contributed by atoms with Crippen molar-refractivity contribution in [3.05, 3.63) is 48.0 Å². The van der Waals surface area contributed by atoms with E-state index in [9.17, 15) is 19.2 Å². The molecule has 2 aromatic carbocycles. The fraction of sp³-hybridized carbons (Fsp3) is 0.391. The molecule has 0 saturated carbocycles. The van der Waals surface area contributed by atoms with Crippen LogP contribution in [0.2, 0.25) is 0 Å². The van der Waals surface area contributed by atoms with Crippen LogP contribution in [0.1, 0.15) is 39.7 Å². The van der Waals surface area contributed by atoms with Crippen molar-refractivity contribution in [2.24, 2.45) is 0 Å². The Bertz CT molecular complexity index is 993. The molecule has 172 valence electrons. The lowest BCUT2D eigenvalue weighted by molar-refractivity contribution is -0.140. The number of carboxylic acid groups (broad SMARTS) is 1. The first-order chi connectivity index (χ1) is 15.0. The van der Waals surface area contributed by atoms with E-state index in [0.717, 1.165) is 16.3 Å². The van der Waals surface area contributed by atoms with E-state index in [0.29, 0.717) is 0 Å². The van der Waals surface area contributed by atoms with Gasteiger partial charge >= 0.3 is 12.1 Å². The summed E-state index contributed by atoms with van der Waals surface area (Å²) in [6.45, 7) is 6.65. The van der Waals surface area contributed by atoms with Crippen molar-refractivity contribution >= 4 is 34.6 Å². The van der Waals surface area contributed by atoms with Crippen LogP contribution in [0.25, 0.3) is 10.8 Å². The van der Waals surface area contributed by atoms with Crippen LogP contribution in [0.15, 0.2) is 42.5 Å². The summed E-state index contributed by atoms with van der Waals surface area (Å²) in [5.41, 5.74) is 0.105. The molecule has 0 radical (unpaired) electrons. The Morgan fingerprint density at radius 1 is 0.969 bits per heavy atom. The predicted octanol–water partition coefficient (Wildman–Crippen LogP) is 2.33. The SMILES string of the molecule is CC(NC(=O)C(CC(=O)O)NC(=O)OC(C)(C)C)C(=O)NCc1cccc2ccccc12. The van der Waals surface area contributed by atoms with E-state index in [2.05, 4.69) is 16.0 Å². The second-order valence-electron chi connectivity index (χ2n) is 8.38. The number of carbonyl (C=O) groups excluding carboxylic acids is 3. The number of fused-ring (bicyclic) bond motifs is 1. The average molecular weight is 444 g/mol. The van der Waals surface area contributed by atoms with Gasteiger partial charge < -0.3 is 25.8 Å². The van der Waals surface area contributed by atoms with Crippen LogP contribution >= 0.6 is 0 Å². The summed E-state index contributed by atoms with van der Waals surface area (Å²) in [5, 5.41) is 18.6. The molecule has 0 spiro atoms. The Kier molecular flexibility index (Phi) is 8.17. The number of ether oxygens (including phenoxy) is 1. The Hall–Kier alpha value is -3.62. The van der Waals surface area contributed by atoms with Gasteiger partial charge in [-0.15, -0.1) is 0 Å². The number of benzene rings is 2. The summed E-state index contributed by atoms with van der Waals surface area (Å²) in [6, 6.07) is 11.2. The number of amides is 3. The number of nitrogens with one attached hydrogen (secondary N) is 3. The van der Waals surface area contributed by atoms with Gasteiger partial charge in [0.1, 0.15) is 17.7 Å². The van der Waals surface area contributed by atoms with Gasteiger partial charge in [-0.2, -0.15) is 0 Å². The zero-order chi connectivity index (χ0) is 23.9. The Morgan fingerprint density at radius 2 is 1.62 bits per heavy atom. The Labute approximate surface area is 186 Å². The third-order valence-corrected chi connectivity index (χ3v) is 4.47. The van der Waals surface area contributed by atoms with Crippen molar-refractivity contribution in [2.75, 3.05) is 0 Å². The zero-order valence-corrected chi connectivity index (χ0v) is 18.6. The fourth-order valence-corrected chi connectivity index (χ4v) is 3.00. The maximum atomic E-state index is 12.5. The third-order valence-electron chi connectivity index (χ3n) is 4.47. The summed E-state index contributed by atoms with van der Waals surface area (Å²) in [5.74, 6) is -2.53. The van der Waals surface area contributed by atoms with Gasteiger partial charge in [0.25, 0.3) is 0 Å². The number of aliphatic carboxylic acids is 1. The number of rotatable bonds is 8. The van der Waals surface area contributed by atoms with Gasteiger partial charge in [0, 0.05) is 6.54 Å². The van der Waals surface area contributed by atoms with Gasteiger partial charge in [0.2, 0.25) is 11.8 Å². The summed E-state index contributed by atoms with van der Waals surface area (Å²) >= 11 is 0. The molecule has 3 amide bonds. The van der Waals surface area contributed by atoms with E-state index in [1.807, 2.05) is 42.5 Å². The van der Waals surface area contributed by atoms with Gasteiger partial charge in [-0.05, 0) is 44.0 Å². The second-order valence-corrected chi connectivity index (χ2v) is 8.38. The lowest BCUT2D eigenvalue weighted by Gasteiger charge is -2.23. The van der Waals surface area contributed by atoms with Crippen LogP contribution in [0, 0.1) is 0 Å². The van der Waals surface area contributed by atoms with E-state index in [1.165, 1.54) is 6.92 Å². The third kappa shape index (κ3) is 7.57. The maximum Gasteiger partial charge on any atom is 0.408 e. The van der Waals surface area contributed by atoms with E-state index in [-0.39, 0.29) is 6.54 Å². The van der Waals surface area contributed by atoms with Crippen LogP contribution in [0.3, 0.4) is 0 Å². The van der Waals surface area contributed by atoms with Crippen LogP contribution in [-0.4, -0.2) is 46.7 Å². The fourth-order valence-electron chi connectivity index (χ4n) is 3.00. The van der Waals surface area contributed by atoms with Gasteiger partial charge in [-0.25, -0.2) is 4.79 Å². The monoisotopic (exact) mass is 443 g/mol. The molecule has 9 heteroatoms. The van der Waals surface area contributed by atoms with Gasteiger partial charge in [0.05, 0.1) is 6.42 Å². The normalized spacial score (nSPS) is 13.0. The number of hydrogen-bond donors (Lipinski definition) is 4. The minimum atomic E-state index is -1.39. The molecular weight excluding hydrogens is 414 g/mol. The molecule has 32 heavy (non-hydrogen) atoms. The zero-order valence-electron chi connectivity index (χ0n) is 18.6. The van der Waals surface area contributed by atoms with Crippen molar-refractivity contribution in [3.63, 3.8) is 0 Å². The van der Waals surface area contributed by atoms with Crippen molar-refractivity contribution in [2.45, 2.75) is 58.3 Å². The van der Waals surface area contributed by atoms with Crippen LogP contribution in [0.4, 0.5) is 4.79 Å². The van der Waals surface area contributed by atoms with Crippen molar-refractivity contribution in [1.82, 2.24) is 16.0 Å². The quantitative estimate of drug-likeness (QED) is 0.495. The lowest BCUT2D eigenvalue weighted by atomic mass is 10.0. The molecule has 0 fully saturated rings. The largest absolute Gasteiger partial charge is 0.481 e. The highest BCUT2D eigenvalue weighted by molar-refractivity contribution is 5.93. The van der Waals surface area contributed by atoms with E-state index in [1.54, 1.807) is 20.8 Å². The summed E-state index contributed by atoms with van der Waals surface area (Å²) in [4.78, 5) is 48.1. The number of hydrogen-bond acceptors (Lipinski definition) is 5. The molecule has 0 heterocycles. The number of alkyl carbamates (subject to hydrolysis) is 1. The topological polar surface area (TPSA) is 134 Å². The molecule has 0 aliphatic carbocycles. The first-order valence-corrected chi connectivity index (χ1v) is 10.2. The highest BCUT2D eigenvalue weighted by Gasteiger charge is 2.28. The second kappa shape index (κ2) is 10.6. The summed E-state index contributed by atoms with van der Waals surface area (Å²) in [6.07, 6.45) is -1.58. The first-order valence-electron chi connectivity index (χ1n) is 10.2. The maximum absolute atomic E-state index is 12.5. The summed E-state index contributed by atoms with van der Waals surface area (Å²) < 4.78 is 5.07. The first kappa shape index (κ1) is 24.6. The van der Waals surface area contributed by atoms with E-state index >= 15 is 0 Å². The molecule has 0 bridgehead atoms. The number of carbonyl (C=O) groups is 4. The van der Waals surface area contributed by atoms with Gasteiger partial charge in [0.15, 0.2) is 0 Å². The molecule has 2 atom stereocenters. The van der Waals surface area contributed by atoms with Crippen LogP contribution in [0.5, 0.6) is 0 Å². The standard InChI is InChI=1S/C23H29N3O6/c1-14(20(29)24-13-16-10-7-9-15-8-5-6-11-17(15)16)25-21(30)18(12-19(27)28)26-22(31)32-23(2,3)4/h5-11,14,18H,12-13H2,1-4H3,(H,24,29)(H,25,30)(H,26,31)(H,27,28). The predicted molar refractivity (Wildman–Crippen MR) is 119 cm³/mol. The average Bonchev–Trinajstić information content (AvgIpc) is 2.69. The molecule has 2 unspecified atom stereocenters. The molecule has 9 nitrogen and oxygen atoms in total. The van der Waals surface area contributed by atoms with Crippen molar-refractivity contribution in [3.8, 4) is 0 Å². The van der Waals surface area contributed by atoms with Gasteiger partial charge in [-0.3, -0.25) is 14.4 Å². The molecule has 0 aliphatic heterocycles. The minimum absolute atomic E-state index is 0.259. The van der Waals surface area contributed by atoms with E-state index in [4.69, 9.17) is 9.84 Å². The van der Waals surface area contributed by atoms with Crippen LogP contribution < -0.4 is 16.0 Å². The molecule has 4 N–H and O–H groups in total. The van der Waals surface area contributed by atoms with Crippen LogP contribution in [-0.2, 0) is 25.7 Å². The molecule has 0 aromatic heterocycles. The van der Waals surface area contributed by atoms with Crippen molar-refractivity contribution in [1.29, 1.82) is 0 Å². The lowest BCUT2D eigenvalue weighted by Crippen LogP contribution is -2.53. The van der Waals surface area contributed by atoms with Gasteiger partial charge in [-0.1, -0.05) is 42.5 Å². The smallest absolute Gasteiger partial charge is 0.408 e. The summed E-state index contributed by atoms with van der Waals surface area (Å²) in [7, 11) is 0. The molecule has 0 saturated heterocycles. The Balaban J connectivity index is 1.97. The highest BCUT2D eigenvalue weighted by atomic mass is 16.6. The van der Waals surface area contributed by atoms with Crippen molar-refractivity contribution < 1.29 is 29.0 Å². The Morgan fingerprint density at radius 3 is 2.28 bits per heavy atom. The van der Waals surface area contributed by atoms with E-state index < -0.39 is 48.0 Å². The molecule has 0 aliphatic rings.